The Morgan fingerprint density at radius 2 is 1.67 bits per heavy atom. The summed E-state index contributed by atoms with van der Waals surface area (Å²) in [5.41, 5.74) is 4.42. The Hall–Kier alpha value is -3.31. The molecule has 4 rings (SSSR count). The number of ether oxygens (including phenoxy) is 2. The highest BCUT2D eigenvalue weighted by Crippen LogP contribution is 2.28. The van der Waals surface area contributed by atoms with Crippen LogP contribution in [-0.4, -0.2) is 56.1 Å². The van der Waals surface area contributed by atoms with Gasteiger partial charge >= 0.3 is 0 Å². The Kier molecular flexibility index (Phi) is 7.30. The Bertz CT molecular complexity index is 1070. The van der Waals surface area contributed by atoms with Gasteiger partial charge in [-0.1, -0.05) is 42.5 Å². The molecule has 1 aliphatic heterocycles. The van der Waals surface area contributed by atoms with Gasteiger partial charge in [-0.25, -0.2) is 0 Å². The number of nitrogens with zero attached hydrogens (tertiary/aromatic N) is 2. The first-order valence-corrected chi connectivity index (χ1v) is 11.5. The largest absolute Gasteiger partial charge is 0.497 e. The third-order valence-corrected chi connectivity index (χ3v) is 6.02. The normalized spacial score (nSPS) is 14.4. The third-order valence-electron chi connectivity index (χ3n) is 6.02. The third kappa shape index (κ3) is 5.74. The van der Waals surface area contributed by atoms with Gasteiger partial charge in [-0.15, -0.1) is 0 Å². The Morgan fingerprint density at radius 1 is 0.939 bits per heavy atom. The van der Waals surface area contributed by atoms with Crippen LogP contribution in [0.3, 0.4) is 0 Å². The average molecular weight is 445 g/mol. The van der Waals surface area contributed by atoms with Gasteiger partial charge in [0.05, 0.1) is 7.11 Å². The van der Waals surface area contributed by atoms with Gasteiger partial charge in [-0.3, -0.25) is 4.79 Å². The summed E-state index contributed by atoms with van der Waals surface area (Å²) in [5, 5.41) is 0. The monoisotopic (exact) mass is 444 g/mol. The van der Waals surface area contributed by atoms with Gasteiger partial charge in [0, 0.05) is 38.0 Å². The maximum atomic E-state index is 12.8. The van der Waals surface area contributed by atoms with Crippen molar-refractivity contribution in [3.05, 3.63) is 83.9 Å². The minimum atomic E-state index is 0.0492. The first-order valence-electron chi connectivity index (χ1n) is 11.5. The predicted octanol–water partition coefficient (Wildman–Crippen LogP) is 5.11. The minimum Gasteiger partial charge on any atom is -0.497 e. The molecule has 0 aliphatic carbocycles. The van der Waals surface area contributed by atoms with E-state index >= 15 is 0 Å². The zero-order valence-electron chi connectivity index (χ0n) is 19.7. The van der Waals surface area contributed by atoms with Gasteiger partial charge in [0.25, 0.3) is 5.91 Å². The molecule has 3 aromatic rings. The molecule has 3 aromatic carbocycles. The molecule has 1 aliphatic rings. The lowest BCUT2D eigenvalue weighted by Gasteiger charge is -2.32. The second-order valence-electron chi connectivity index (χ2n) is 8.76. The van der Waals surface area contributed by atoms with E-state index in [1.807, 2.05) is 23.1 Å². The summed E-state index contributed by atoms with van der Waals surface area (Å²) in [7, 11) is 5.79. The highest BCUT2D eigenvalue weighted by atomic mass is 16.5. The molecule has 0 saturated carbocycles. The van der Waals surface area contributed by atoms with E-state index in [9.17, 15) is 4.79 Å². The second kappa shape index (κ2) is 10.5. The van der Waals surface area contributed by atoms with Crippen molar-refractivity contribution in [2.24, 2.45) is 0 Å². The summed E-state index contributed by atoms with van der Waals surface area (Å²) in [5.74, 6) is 1.63. The first kappa shape index (κ1) is 22.9. The molecule has 1 saturated heterocycles. The summed E-state index contributed by atoms with van der Waals surface area (Å²) in [6.07, 6.45) is 1.76. The number of likely N-dealkylation sites (tertiary alicyclic amines) is 1. The van der Waals surface area contributed by atoms with Crippen LogP contribution in [0, 0.1) is 0 Å². The molecule has 5 heteroatoms. The van der Waals surface area contributed by atoms with Crippen molar-refractivity contribution in [3.8, 4) is 22.6 Å². The Morgan fingerprint density at radius 3 is 2.36 bits per heavy atom. The van der Waals surface area contributed by atoms with E-state index < -0.39 is 0 Å². The van der Waals surface area contributed by atoms with E-state index in [1.165, 1.54) is 16.7 Å². The number of amides is 1. The van der Waals surface area contributed by atoms with Crippen LogP contribution in [0.5, 0.6) is 11.5 Å². The molecule has 172 valence electrons. The molecule has 0 radical (unpaired) electrons. The van der Waals surface area contributed by atoms with Crippen molar-refractivity contribution in [3.63, 3.8) is 0 Å². The fourth-order valence-corrected chi connectivity index (χ4v) is 4.30. The van der Waals surface area contributed by atoms with Gasteiger partial charge in [-0.2, -0.15) is 0 Å². The quantitative estimate of drug-likeness (QED) is 0.508. The number of carbonyl (C=O) groups excluding carboxylic acids is 1. The van der Waals surface area contributed by atoms with Crippen molar-refractivity contribution in [1.29, 1.82) is 0 Å². The molecule has 1 amide bonds. The van der Waals surface area contributed by atoms with Crippen LogP contribution in [0.25, 0.3) is 11.1 Å². The minimum absolute atomic E-state index is 0.0492. The predicted molar refractivity (Wildman–Crippen MR) is 132 cm³/mol. The molecule has 0 unspecified atom stereocenters. The van der Waals surface area contributed by atoms with Crippen molar-refractivity contribution in [1.82, 2.24) is 9.80 Å². The molecule has 0 spiro atoms. The fraction of sp³-hybridized carbons (Fsp3) is 0.321. The molecule has 0 bridgehead atoms. The van der Waals surface area contributed by atoms with Crippen molar-refractivity contribution < 1.29 is 14.3 Å². The maximum absolute atomic E-state index is 12.8. The summed E-state index contributed by atoms with van der Waals surface area (Å²) in [4.78, 5) is 16.9. The van der Waals surface area contributed by atoms with Crippen LogP contribution < -0.4 is 9.47 Å². The van der Waals surface area contributed by atoms with Crippen molar-refractivity contribution in [2.75, 3.05) is 34.3 Å². The van der Waals surface area contributed by atoms with Crippen molar-refractivity contribution >= 4 is 5.91 Å². The van der Waals surface area contributed by atoms with Crippen LogP contribution in [0.1, 0.15) is 28.8 Å². The fourth-order valence-electron chi connectivity index (χ4n) is 4.30. The lowest BCUT2D eigenvalue weighted by atomic mass is 9.99. The van der Waals surface area contributed by atoms with E-state index in [-0.39, 0.29) is 12.0 Å². The van der Waals surface area contributed by atoms with E-state index in [1.54, 1.807) is 13.2 Å². The summed E-state index contributed by atoms with van der Waals surface area (Å²) in [6, 6.07) is 24.2. The van der Waals surface area contributed by atoms with Crippen LogP contribution in [-0.2, 0) is 6.54 Å². The summed E-state index contributed by atoms with van der Waals surface area (Å²) < 4.78 is 11.5. The Balaban J connectivity index is 1.34. The van der Waals surface area contributed by atoms with E-state index in [2.05, 4.69) is 67.5 Å². The zero-order chi connectivity index (χ0) is 23.2. The average Bonchev–Trinajstić information content (AvgIpc) is 2.85. The summed E-state index contributed by atoms with van der Waals surface area (Å²) in [6.45, 7) is 2.29. The lowest BCUT2D eigenvalue weighted by Crippen LogP contribution is -2.41. The highest BCUT2D eigenvalue weighted by molar-refractivity contribution is 5.94. The van der Waals surface area contributed by atoms with E-state index in [0.717, 1.165) is 25.1 Å². The van der Waals surface area contributed by atoms with Gasteiger partial charge in [0.1, 0.15) is 17.6 Å². The molecule has 0 N–H and O–H groups in total. The van der Waals surface area contributed by atoms with Crippen LogP contribution in [0.2, 0.25) is 0 Å². The molecule has 1 fully saturated rings. The number of methoxy groups -OCH3 is 1. The zero-order valence-corrected chi connectivity index (χ0v) is 19.7. The number of rotatable bonds is 7. The van der Waals surface area contributed by atoms with Gasteiger partial charge in [0.15, 0.2) is 0 Å². The molecular weight excluding hydrogens is 412 g/mol. The van der Waals surface area contributed by atoms with Gasteiger partial charge < -0.3 is 19.3 Å². The van der Waals surface area contributed by atoms with Crippen molar-refractivity contribution in [2.45, 2.75) is 25.5 Å². The smallest absolute Gasteiger partial charge is 0.253 e. The number of carbonyl (C=O) groups is 1. The molecule has 5 nitrogen and oxygen atoms in total. The van der Waals surface area contributed by atoms with Crippen LogP contribution in [0.15, 0.2) is 72.8 Å². The molecular formula is C28H32N2O3. The molecule has 0 atom stereocenters. The lowest BCUT2D eigenvalue weighted by molar-refractivity contribution is 0.0595. The van der Waals surface area contributed by atoms with E-state index in [0.29, 0.717) is 24.4 Å². The molecule has 0 aromatic heterocycles. The topological polar surface area (TPSA) is 42.0 Å². The van der Waals surface area contributed by atoms with Gasteiger partial charge in [-0.05, 0) is 61.1 Å². The standard InChI is InChI=1S/C28H32N2O3/c1-29(2)20-23-7-4-5-10-27(23)21-11-13-24(14-12-21)33-25-15-17-30(18-16-25)28(31)22-8-6-9-26(19-22)32-3/h4-14,19,25H,15-18,20H2,1-3H3. The Labute approximate surface area is 196 Å². The SMILES string of the molecule is COc1cccc(C(=O)N2CCC(Oc3ccc(-c4ccccc4CN(C)C)cc3)CC2)c1. The number of hydrogen-bond acceptors (Lipinski definition) is 4. The van der Waals surface area contributed by atoms with Crippen LogP contribution >= 0.6 is 0 Å². The maximum Gasteiger partial charge on any atom is 0.253 e. The van der Waals surface area contributed by atoms with E-state index in [4.69, 9.17) is 9.47 Å². The van der Waals surface area contributed by atoms with Crippen LogP contribution in [0.4, 0.5) is 0 Å². The molecule has 33 heavy (non-hydrogen) atoms. The number of benzene rings is 3. The highest BCUT2D eigenvalue weighted by Gasteiger charge is 2.25. The summed E-state index contributed by atoms with van der Waals surface area (Å²) >= 11 is 0. The van der Waals surface area contributed by atoms with Gasteiger partial charge in [0.2, 0.25) is 0 Å². The number of piperidine rings is 1. The second-order valence-corrected chi connectivity index (χ2v) is 8.76. The number of hydrogen-bond donors (Lipinski definition) is 0. The first-order chi connectivity index (χ1) is 16.0. The molecule has 1 heterocycles.